The summed E-state index contributed by atoms with van der Waals surface area (Å²) in [6.45, 7) is 0. The van der Waals surface area contributed by atoms with Gasteiger partial charge in [-0.1, -0.05) is 0 Å². The number of aromatic hydroxyl groups is 1. The Hall–Kier alpha value is -3.07. The van der Waals surface area contributed by atoms with Gasteiger partial charge < -0.3 is 15.2 Å². The molecule has 0 bridgehead atoms. The number of sulfonamides is 1. The Morgan fingerprint density at radius 3 is 2.37 bits per heavy atom. The number of phenolic OH excluding ortho intramolecular Hbond substituents is 1. The number of amides is 1. The molecule has 0 heterocycles. The van der Waals surface area contributed by atoms with E-state index < -0.39 is 16.0 Å². The number of nitrogens with one attached hydrogen (secondary N) is 2. The van der Waals surface area contributed by atoms with Crippen molar-refractivity contribution in [1.82, 2.24) is 5.32 Å². The smallest absolute Gasteiger partial charge is 0.341 e. The van der Waals surface area contributed by atoms with Gasteiger partial charge in [0.25, 0.3) is 15.9 Å². The first-order valence-electron chi connectivity index (χ1n) is 8.15. The molecular formula is C18H18N2O6S. The summed E-state index contributed by atoms with van der Waals surface area (Å²) in [5.74, 6) is -1.43. The number of ether oxygens (including phenoxy) is 1. The fourth-order valence-corrected chi connectivity index (χ4v) is 3.44. The first-order valence-corrected chi connectivity index (χ1v) is 9.63. The molecule has 0 spiro atoms. The highest BCUT2D eigenvalue weighted by Gasteiger charge is 2.24. The summed E-state index contributed by atoms with van der Waals surface area (Å²) >= 11 is 0. The fraction of sp³-hybridized carbons (Fsp3) is 0.222. The Kier molecular flexibility index (Phi) is 5.04. The largest absolute Gasteiger partial charge is 0.507 e. The molecule has 9 heteroatoms. The quantitative estimate of drug-likeness (QED) is 0.648. The predicted octanol–water partition coefficient (Wildman–Crippen LogP) is 1.87. The van der Waals surface area contributed by atoms with E-state index in [9.17, 15) is 23.1 Å². The van der Waals surface area contributed by atoms with E-state index in [1.54, 1.807) is 0 Å². The van der Waals surface area contributed by atoms with Crippen LogP contribution in [0.4, 0.5) is 5.69 Å². The minimum atomic E-state index is -4.01. The van der Waals surface area contributed by atoms with Crippen LogP contribution in [0.3, 0.4) is 0 Å². The number of phenols is 1. The highest BCUT2D eigenvalue weighted by atomic mass is 32.2. The maximum absolute atomic E-state index is 12.5. The third-order valence-electron chi connectivity index (χ3n) is 4.00. The maximum atomic E-state index is 12.5. The van der Waals surface area contributed by atoms with Crippen LogP contribution >= 0.6 is 0 Å². The van der Waals surface area contributed by atoms with Crippen LogP contribution < -0.4 is 10.0 Å². The molecular weight excluding hydrogens is 372 g/mol. The lowest BCUT2D eigenvalue weighted by Gasteiger charge is -2.10. The number of rotatable bonds is 6. The molecule has 2 aromatic rings. The van der Waals surface area contributed by atoms with Crippen LogP contribution in [0, 0.1) is 0 Å². The summed E-state index contributed by atoms with van der Waals surface area (Å²) in [5.41, 5.74) is 0.431. The molecule has 8 nitrogen and oxygen atoms in total. The molecule has 1 saturated carbocycles. The SMILES string of the molecule is COC(=O)c1cc(S(=O)(=O)Nc2ccc(C(=O)NC3CC3)cc2)ccc1O. The van der Waals surface area contributed by atoms with E-state index in [0.29, 0.717) is 5.56 Å². The molecule has 0 aromatic heterocycles. The average Bonchev–Trinajstić information content (AvgIpc) is 3.45. The summed E-state index contributed by atoms with van der Waals surface area (Å²) in [4.78, 5) is 23.4. The third kappa shape index (κ3) is 4.37. The second-order valence-electron chi connectivity index (χ2n) is 6.10. The van der Waals surface area contributed by atoms with Gasteiger partial charge in [-0.25, -0.2) is 13.2 Å². The number of hydrogen-bond donors (Lipinski definition) is 3. The molecule has 1 fully saturated rings. The van der Waals surface area contributed by atoms with Crippen molar-refractivity contribution in [3.8, 4) is 5.75 Å². The zero-order chi connectivity index (χ0) is 19.6. The molecule has 3 N–H and O–H groups in total. The molecule has 1 amide bonds. The zero-order valence-corrected chi connectivity index (χ0v) is 15.2. The van der Waals surface area contributed by atoms with Crippen LogP contribution in [0.5, 0.6) is 5.75 Å². The van der Waals surface area contributed by atoms with E-state index in [1.165, 1.54) is 30.3 Å². The Morgan fingerprint density at radius 1 is 1.11 bits per heavy atom. The molecule has 27 heavy (non-hydrogen) atoms. The molecule has 0 saturated heterocycles. The van der Waals surface area contributed by atoms with Crippen molar-refractivity contribution in [2.24, 2.45) is 0 Å². The predicted molar refractivity (Wildman–Crippen MR) is 97.2 cm³/mol. The van der Waals surface area contributed by atoms with Crippen molar-refractivity contribution >= 4 is 27.6 Å². The molecule has 0 atom stereocenters. The van der Waals surface area contributed by atoms with Crippen molar-refractivity contribution in [2.45, 2.75) is 23.8 Å². The summed E-state index contributed by atoms with van der Waals surface area (Å²) < 4.78 is 31.9. The summed E-state index contributed by atoms with van der Waals surface area (Å²) in [6.07, 6.45) is 1.95. The van der Waals surface area contributed by atoms with Crippen LogP contribution in [-0.2, 0) is 14.8 Å². The lowest BCUT2D eigenvalue weighted by Crippen LogP contribution is -2.25. The van der Waals surface area contributed by atoms with E-state index in [0.717, 1.165) is 32.1 Å². The zero-order valence-electron chi connectivity index (χ0n) is 14.4. The Bertz CT molecular complexity index is 981. The Labute approximate surface area is 156 Å². The van der Waals surface area contributed by atoms with Gasteiger partial charge in [-0.05, 0) is 55.3 Å². The highest BCUT2D eigenvalue weighted by molar-refractivity contribution is 7.92. The number of esters is 1. The van der Waals surface area contributed by atoms with Crippen molar-refractivity contribution in [3.63, 3.8) is 0 Å². The topological polar surface area (TPSA) is 122 Å². The molecule has 1 aliphatic carbocycles. The number of anilines is 1. The van der Waals surface area contributed by atoms with Crippen molar-refractivity contribution in [1.29, 1.82) is 0 Å². The Morgan fingerprint density at radius 2 is 1.78 bits per heavy atom. The van der Waals surface area contributed by atoms with Gasteiger partial charge in [0.1, 0.15) is 11.3 Å². The molecule has 2 aromatic carbocycles. The molecule has 142 valence electrons. The van der Waals surface area contributed by atoms with E-state index in [-0.39, 0.29) is 33.8 Å². The van der Waals surface area contributed by atoms with Crippen LogP contribution in [0.15, 0.2) is 47.4 Å². The second kappa shape index (κ2) is 7.28. The van der Waals surface area contributed by atoms with Gasteiger partial charge in [-0.15, -0.1) is 0 Å². The van der Waals surface area contributed by atoms with Gasteiger partial charge in [-0.3, -0.25) is 9.52 Å². The molecule has 0 radical (unpaired) electrons. The van der Waals surface area contributed by atoms with Gasteiger partial charge in [0.05, 0.1) is 12.0 Å². The van der Waals surface area contributed by atoms with Gasteiger partial charge in [-0.2, -0.15) is 0 Å². The lowest BCUT2D eigenvalue weighted by molar-refractivity contribution is 0.0597. The monoisotopic (exact) mass is 390 g/mol. The minimum absolute atomic E-state index is 0.201. The van der Waals surface area contributed by atoms with Crippen molar-refractivity contribution in [2.75, 3.05) is 11.8 Å². The summed E-state index contributed by atoms with van der Waals surface area (Å²) in [5, 5.41) is 12.5. The summed E-state index contributed by atoms with van der Waals surface area (Å²) in [7, 11) is -2.88. The van der Waals surface area contributed by atoms with Crippen LogP contribution in [-0.4, -0.2) is 38.6 Å². The standard InChI is InChI=1S/C18H18N2O6S/c1-26-18(23)15-10-14(8-9-16(15)21)27(24,25)20-13-4-2-11(3-5-13)17(22)19-12-6-7-12/h2-5,8-10,12,20-21H,6-7H2,1H3,(H,19,22). The molecule has 0 unspecified atom stereocenters. The molecule has 3 rings (SSSR count). The fourth-order valence-electron chi connectivity index (χ4n) is 2.36. The van der Waals surface area contributed by atoms with Crippen molar-refractivity contribution in [3.05, 3.63) is 53.6 Å². The van der Waals surface area contributed by atoms with E-state index >= 15 is 0 Å². The first kappa shape index (κ1) is 18.7. The number of carbonyl (C=O) groups excluding carboxylic acids is 2. The second-order valence-corrected chi connectivity index (χ2v) is 7.78. The highest BCUT2D eigenvalue weighted by Crippen LogP contribution is 2.24. The van der Waals surface area contributed by atoms with Gasteiger partial charge in [0.2, 0.25) is 0 Å². The number of carbonyl (C=O) groups is 2. The average molecular weight is 390 g/mol. The maximum Gasteiger partial charge on any atom is 0.341 e. The third-order valence-corrected chi connectivity index (χ3v) is 5.37. The normalized spacial score (nSPS) is 13.7. The molecule has 0 aliphatic heterocycles. The van der Waals surface area contributed by atoms with Gasteiger partial charge in [0, 0.05) is 17.3 Å². The van der Waals surface area contributed by atoms with Crippen molar-refractivity contribution < 1.29 is 27.9 Å². The van der Waals surface area contributed by atoms with E-state index in [1.807, 2.05) is 0 Å². The van der Waals surface area contributed by atoms with Gasteiger partial charge >= 0.3 is 5.97 Å². The van der Waals surface area contributed by atoms with E-state index in [2.05, 4.69) is 14.8 Å². The van der Waals surface area contributed by atoms with E-state index in [4.69, 9.17) is 0 Å². The minimum Gasteiger partial charge on any atom is -0.507 e. The number of benzene rings is 2. The Balaban J connectivity index is 1.78. The van der Waals surface area contributed by atoms with Gasteiger partial charge in [0.15, 0.2) is 0 Å². The van der Waals surface area contributed by atoms with Crippen LogP contribution in [0.2, 0.25) is 0 Å². The van der Waals surface area contributed by atoms with Crippen LogP contribution in [0.1, 0.15) is 33.6 Å². The lowest BCUT2D eigenvalue weighted by atomic mass is 10.2. The van der Waals surface area contributed by atoms with Crippen LogP contribution in [0.25, 0.3) is 0 Å². The molecule has 1 aliphatic rings. The first-order chi connectivity index (χ1) is 12.8. The summed E-state index contributed by atoms with van der Waals surface area (Å²) in [6, 6.07) is 9.52. The number of methoxy groups -OCH3 is 1. The number of hydrogen-bond acceptors (Lipinski definition) is 6.